The van der Waals surface area contributed by atoms with Gasteiger partial charge in [0.1, 0.15) is 6.20 Å². The van der Waals surface area contributed by atoms with Crippen molar-refractivity contribution < 1.29 is 9.66 Å². The topological polar surface area (TPSA) is 102 Å². The highest BCUT2D eigenvalue weighted by molar-refractivity contribution is 5.57. The van der Waals surface area contributed by atoms with Gasteiger partial charge < -0.3 is 15.4 Å². The summed E-state index contributed by atoms with van der Waals surface area (Å²) in [6.07, 6.45) is 5.41. The van der Waals surface area contributed by atoms with Crippen LogP contribution < -0.4 is 10.6 Å². The van der Waals surface area contributed by atoms with Crippen LogP contribution in [0.1, 0.15) is 32.6 Å². The van der Waals surface area contributed by atoms with Crippen molar-refractivity contribution in [2.45, 2.75) is 38.7 Å². The zero-order valence-corrected chi connectivity index (χ0v) is 12.2. The number of nitrogens with zero attached hydrogens (tertiary/aromatic N) is 3. The zero-order chi connectivity index (χ0) is 15.1. The normalized spacial score (nSPS) is 18.2. The number of hydrogen-bond donors (Lipinski definition) is 2. The van der Waals surface area contributed by atoms with Gasteiger partial charge in [0.2, 0.25) is 11.8 Å². The molecule has 2 rings (SSSR count). The van der Waals surface area contributed by atoms with E-state index in [0.717, 1.165) is 38.8 Å². The van der Waals surface area contributed by atoms with Crippen LogP contribution in [0, 0.1) is 10.1 Å². The fraction of sp³-hybridized carbons (Fsp3) is 0.692. The molecule has 1 aromatic rings. The van der Waals surface area contributed by atoms with E-state index in [1.807, 2.05) is 6.92 Å². The lowest BCUT2D eigenvalue weighted by Crippen LogP contribution is -2.27. The Labute approximate surface area is 123 Å². The summed E-state index contributed by atoms with van der Waals surface area (Å²) < 4.78 is 5.60. The Balaban J connectivity index is 2.04. The third kappa shape index (κ3) is 4.52. The molecule has 1 fully saturated rings. The fourth-order valence-corrected chi connectivity index (χ4v) is 2.14. The quantitative estimate of drug-likeness (QED) is 0.587. The van der Waals surface area contributed by atoms with E-state index in [1.165, 1.54) is 6.20 Å². The highest BCUT2D eigenvalue weighted by Crippen LogP contribution is 2.23. The second kappa shape index (κ2) is 7.72. The van der Waals surface area contributed by atoms with Crippen LogP contribution in [0.15, 0.2) is 6.20 Å². The van der Waals surface area contributed by atoms with Crippen LogP contribution in [0.25, 0.3) is 0 Å². The largest absolute Gasteiger partial charge is 0.376 e. The molecule has 0 saturated carbocycles. The zero-order valence-electron chi connectivity index (χ0n) is 12.2. The molecule has 0 aromatic carbocycles. The van der Waals surface area contributed by atoms with Gasteiger partial charge in [0, 0.05) is 19.7 Å². The van der Waals surface area contributed by atoms with Crippen LogP contribution in [0.2, 0.25) is 0 Å². The van der Waals surface area contributed by atoms with Gasteiger partial charge in [-0.3, -0.25) is 10.1 Å². The fourth-order valence-electron chi connectivity index (χ4n) is 2.14. The van der Waals surface area contributed by atoms with Crippen molar-refractivity contribution in [3.8, 4) is 0 Å². The van der Waals surface area contributed by atoms with Crippen molar-refractivity contribution in [2.75, 3.05) is 30.3 Å². The molecule has 8 nitrogen and oxygen atoms in total. The molecular weight excluding hydrogens is 274 g/mol. The molecule has 0 amide bonds. The summed E-state index contributed by atoms with van der Waals surface area (Å²) in [5.41, 5.74) is -0.118. The number of ether oxygens (including phenoxy) is 1. The number of hydrogen-bond acceptors (Lipinski definition) is 7. The summed E-state index contributed by atoms with van der Waals surface area (Å²) in [6.45, 7) is 4.02. The monoisotopic (exact) mass is 295 g/mol. The number of nitrogens with one attached hydrogen (secondary N) is 2. The third-order valence-corrected chi connectivity index (χ3v) is 3.27. The van der Waals surface area contributed by atoms with E-state index in [-0.39, 0.29) is 17.6 Å². The summed E-state index contributed by atoms with van der Waals surface area (Å²) in [5, 5.41) is 17.1. The molecule has 0 aliphatic carbocycles. The van der Waals surface area contributed by atoms with Gasteiger partial charge in [-0.2, -0.15) is 4.98 Å². The van der Waals surface area contributed by atoms with Crippen LogP contribution in [0.5, 0.6) is 0 Å². The molecule has 0 radical (unpaired) electrons. The van der Waals surface area contributed by atoms with Gasteiger partial charge >= 0.3 is 5.69 Å². The molecule has 1 unspecified atom stereocenters. The molecule has 116 valence electrons. The molecule has 2 N–H and O–H groups in total. The van der Waals surface area contributed by atoms with Crippen molar-refractivity contribution in [3.63, 3.8) is 0 Å². The van der Waals surface area contributed by atoms with E-state index >= 15 is 0 Å². The van der Waals surface area contributed by atoms with Crippen molar-refractivity contribution in [1.29, 1.82) is 0 Å². The van der Waals surface area contributed by atoms with Crippen LogP contribution in [0.4, 0.5) is 17.5 Å². The Kier molecular flexibility index (Phi) is 5.68. The maximum atomic E-state index is 11.0. The Hall–Kier alpha value is -1.96. The minimum atomic E-state index is -0.479. The van der Waals surface area contributed by atoms with Crippen molar-refractivity contribution >= 4 is 17.5 Å². The summed E-state index contributed by atoms with van der Waals surface area (Å²) in [4.78, 5) is 18.7. The molecule has 2 heterocycles. The molecular formula is C13H21N5O3. The molecule has 1 saturated heterocycles. The van der Waals surface area contributed by atoms with Crippen molar-refractivity contribution in [2.24, 2.45) is 0 Å². The number of rotatable bonds is 7. The predicted molar refractivity (Wildman–Crippen MR) is 79.5 cm³/mol. The highest BCUT2D eigenvalue weighted by atomic mass is 16.6. The van der Waals surface area contributed by atoms with E-state index in [4.69, 9.17) is 4.74 Å². The molecule has 0 spiro atoms. The second-order valence-electron chi connectivity index (χ2n) is 4.98. The average molecular weight is 295 g/mol. The molecule has 1 aliphatic rings. The third-order valence-electron chi connectivity index (χ3n) is 3.27. The Bertz CT molecular complexity index is 477. The van der Waals surface area contributed by atoms with E-state index in [0.29, 0.717) is 12.5 Å². The Morgan fingerprint density at radius 2 is 2.33 bits per heavy atom. The van der Waals surface area contributed by atoms with Crippen LogP contribution in [-0.4, -0.2) is 40.7 Å². The Morgan fingerprint density at radius 1 is 1.48 bits per heavy atom. The highest BCUT2D eigenvalue weighted by Gasteiger charge is 2.19. The smallest absolute Gasteiger partial charge is 0.329 e. The lowest BCUT2D eigenvalue weighted by atomic mass is 10.1. The van der Waals surface area contributed by atoms with Gasteiger partial charge in [0.15, 0.2) is 0 Å². The first-order valence-electron chi connectivity index (χ1n) is 7.31. The first-order chi connectivity index (χ1) is 10.2. The van der Waals surface area contributed by atoms with Gasteiger partial charge in [-0.25, -0.2) is 4.98 Å². The van der Waals surface area contributed by atoms with Crippen LogP contribution in [-0.2, 0) is 4.74 Å². The van der Waals surface area contributed by atoms with Crippen LogP contribution in [0.3, 0.4) is 0 Å². The van der Waals surface area contributed by atoms with Gasteiger partial charge in [0.05, 0.1) is 11.0 Å². The first kappa shape index (κ1) is 15.4. The van der Waals surface area contributed by atoms with Gasteiger partial charge in [-0.05, 0) is 25.7 Å². The van der Waals surface area contributed by atoms with E-state index < -0.39 is 4.92 Å². The molecule has 0 bridgehead atoms. The lowest BCUT2D eigenvalue weighted by Gasteiger charge is -2.22. The maximum absolute atomic E-state index is 11.0. The average Bonchev–Trinajstić information content (AvgIpc) is 2.51. The lowest BCUT2D eigenvalue weighted by molar-refractivity contribution is -0.384. The van der Waals surface area contributed by atoms with E-state index in [2.05, 4.69) is 20.6 Å². The van der Waals surface area contributed by atoms with E-state index in [1.54, 1.807) is 0 Å². The number of anilines is 2. The first-order valence-corrected chi connectivity index (χ1v) is 7.31. The molecule has 8 heteroatoms. The second-order valence-corrected chi connectivity index (χ2v) is 4.98. The van der Waals surface area contributed by atoms with Gasteiger partial charge in [0.25, 0.3) is 0 Å². The standard InChI is InChI=1S/C13H21N5O3/c1-2-6-14-13-16-9-11(18(19)20)12(17-13)15-8-10-5-3-4-7-21-10/h9-10H,2-8H2,1H3,(H2,14,15,16,17). The Morgan fingerprint density at radius 3 is 3.00 bits per heavy atom. The molecule has 1 aliphatic heterocycles. The molecule has 1 atom stereocenters. The minimum Gasteiger partial charge on any atom is -0.376 e. The molecule has 1 aromatic heterocycles. The minimum absolute atomic E-state index is 0.0837. The van der Waals surface area contributed by atoms with Crippen molar-refractivity contribution in [3.05, 3.63) is 16.3 Å². The molecule has 21 heavy (non-hydrogen) atoms. The predicted octanol–water partition coefficient (Wildman–Crippen LogP) is 2.19. The van der Waals surface area contributed by atoms with Crippen molar-refractivity contribution in [1.82, 2.24) is 9.97 Å². The van der Waals surface area contributed by atoms with E-state index in [9.17, 15) is 10.1 Å². The SMILES string of the molecule is CCCNc1ncc([N+](=O)[O-])c(NCC2CCCCO2)n1. The summed E-state index contributed by atoms with van der Waals surface area (Å²) in [5.74, 6) is 0.636. The summed E-state index contributed by atoms with van der Waals surface area (Å²) in [7, 11) is 0. The summed E-state index contributed by atoms with van der Waals surface area (Å²) >= 11 is 0. The maximum Gasteiger partial charge on any atom is 0.329 e. The summed E-state index contributed by atoms with van der Waals surface area (Å²) in [6, 6.07) is 0. The van der Waals surface area contributed by atoms with Gasteiger partial charge in [-0.15, -0.1) is 0 Å². The number of nitro groups is 1. The van der Waals surface area contributed by atoms with Gasteiger partial charge in [-0.1, -0.05) is 6.92 Å². The van der Waals surface area contributed by atoms with Crippen LogP contribution >= 0.6 is 0 Å². The number of aromatic nitrogens is 2.